The van der Waals surface area contributed by atoms with E-state index >= 15 is 0 Å². The van der Waals surface area contributed by atoms with Crippen LogP contribution in [0.2, 0.25) is 5.02 Å². The van der Waals surface area contributed by atoms with Crippen LogP contribution in [0, 0.1) is 10.1 Å². The van der Waals surface area contributed by atoms with Gasteiger partial charge in [0, 0.05) is 17.8 Å². The molecule has 1 heterocycles. The zero-order valence-electron chi connectivity index (χ0n) is 9.49. The van der Waals surface area contributed by atoms with Crippen LogP contribution in [0.4, 0.5) is 0 Å². The molecule has 0 spiro atoms. The van der Waals surface area contributed by atoms with Crippen molar-refractivity contribution in [3.63, 3.8) is 0 Å². The van der Waals surface area contributed by atoms with Gasteiger partial charge in [0.15, 0.2) is 0 Å². The number of benzene rings is 1. The number of nitro groups is 1. The van der Waals surface area contributed by atoms with Crippen LogP contribution in [0.5, 0.6) is 0 Å². The van der Waals surface area contributed by atoms with Gasteiger partial charge in [-0.25, -0.2) is 0 Å². The van der Waals surface area contributed by atoms with Crippen molar-refractivity contribution in [1.82, 2.24) is 4.90 Å². The zero-order valence-corrected chi connectivity index (χ0v) is 10.2. The molecule has 0 saturated heterocycles. The van der Waals surface area contributed by atoms with Gasteiger partial charge in [-0.15, -0.1) is 0 Å². The van der Waals surface area contributed by atoms with Crippen LogP contribution >= 0.6 is 11.6 Å². The Morgan fingerprint density at radius 3 is 2.67 bits per heavy atom. The Morgan fingerprint density at radius 2 is 2.00 bits per heavy atom. The van der Waals surface area contributed by atoms with Crippen molar-refractivity contribution in [1.29, 1.82) is 0 Å². The van der Waals surface area contributed by atoms with Crippen molar-refractivity contribution in [3.8, 4) is 0 Å². The van der Waals surface area contributed by atoms with Gasteiger partial charge in [0.1, 0.15) is 5.70 Å². The summed E-state index contributed by atoms with van der Waals surface area (Å²) in [6.07, 6.45) is 8.12. The van der Waals surface area contributed by atoms with E-state index in [1.54, 1.807) is 24.3 Å². The summed E-state index contributed by atoms with van der Waals surface area (Å²) < 4.78 is 0. The Bertz CT molecular complexity index is 532. The Morgan fingerprint density at radius 1 is 1.28 bits per heavy atom. The van der Waals surface area contributed by atoms with Crippen LogP contribution in [-0.4, -0.2) is 9.82 Å². The van der Waals surface area contributed by atoms with Gasteiger partial charge in [-0.2, -0.15) is 0 Å². The van der Waals surface area contributed by atoms with E-state index in [2.05, 4.69) is 0 Å². The number of hydrogen-bond acceptors (Lipinski definition) is 3. The minimum atomic E-state index is -0.451. The number of hydrogen-bond donors (Lipinski definition) is 0. The third kappa shape index (κ3) is 3.21. The standard InChI is InChI=1S/C13H11ClN2O2/c14-12-6-4-11(5-7-12)9-15-8-2-1-3-13(15)10-16(17)18/h1-8,10H,9H2/b13-10-. The lowest BCUT2D eigenvalue weighted by Crippen LogP contribution is -2.17. The predicted octanol–water partition coefficient (Wildman–Crippen LogP) is 3.34. The SMILES string of the molecule is O=[N+]([O-])/C=C1/C=CC=CN1Cc1ccc(Cl)cc1. The highest BCUT2D eigenvalue weighted by Crippen LogP contribution is 2.18. The summed E-state index contributed by atoms with van der Waals surface area (Å²) >= 11 is 5.81. The van der Waals surface area contributed by atoms with Crippen molar-refractivity contribution in [2.24, 2.45) is 0 Å². The minimum absolute atomic E-state index is 0.451. The molecule has 0 radical (unpaired) electrons. The molecule has 0 N–H and O–H groups in total. The molecule has 5 heteroatoms. The summed E-state index contributed by atoms with van der Waals surface area (Å²) in [5, 5.41) is 11.2. The Kier molecular flexibility index (Phi) is 3.79. The molecular formula is C13H11ClN2O2. The number of halogens is 1. The lowest BCUT2D eigenvalue weighted by atomic mass is 10.2. The van der Waals surface area contributed by atoms with Crippen LogP contribution < -0.4 is 0 Å². The summed E-state index contributed by atoms with van der Waals surface area (Å²) in [4.78, 5) is 11.9. The predicted molar refractivity (Wildman–Crippen MR) is 70.4 cm³/mol. The van der Waals surface area contributed by atoms with Crippen molar-refractivity contribution in [2.45, 2.75) is 6.54 Å². The summed E-state index contributed by atoms with van der Waals surface area (Å²) in [6.45, 7) is 0.567. The van der Waals surface area contributed by atoms with Gasteiger partial charge in [0.2, 0.25) is 0 Å². The van der Waals surface area contributed by atoms with Crippen LogP contribution in [-0.2, 0) is 6.54 Å². The first kappa shape index (κ1) is 12.4. The third-order valence-corrected chi connectivity index (χ3v) is 2.73. The van der Waals surface area contributed by atoms with Gasteiger partial charge < -0.3 is 4.90 Å². The molecule has 92 valence electrons. The van der Waals surface area contributed by atoms with Gasteiger partial charge in [-0.3, -0.25) is 10.1 Å². The molecule has 4 nitrogen and oxygen atoms in total. The van der Waals surface area contributed by atoms with E-state index in [1.165, 1.54) is 0 Å². The quantitative estimate of drug-likeness (QED) is 0.620. The van der Waals surface area contributed by atoms with Crippen LogP contribution in [0.25, 0.3) is 0 Å². The monoisotopic (exact) mass is 262 g/mol. The van der Waals surface area contributed by atoms with E-state index in [-0.39, 0.29) is 0 Å². The molecule has 0 saturated carbocycles. The van der Waals surface area contributed by atoms with E-state index in [0.717, 1.165) is 11.8 Å². The van der Waals surface area contributed by atoms with Crippen molar-refractivity contribution in [2.75, 3.05) is 0 Å². The van der Waals surface area contributed by atoms with E-state index in [4.69, 9.17) is 11.6 Å². The average molecular weight is 263 g/mol. The molecule has 0 aromatic heterocycles. The highest BCUT2D eigenvalue weighted by atomic mass is 35.5. The lowest BCUT2D eigenvalue weighted by Gasteiger charge is -2.21. The highest BCUT2D eigenvalue weighted by molar-refractivity contribution is 6.30. The average Bonchev–Trinajstić information content (AvgIpc) is 2.34. The van der Waals surface area contributed by atoms with E-state index in [1.807, 2.05) is 29.3 Å². The van der Waals surface area contributed by atoms with Crippen LogP contribution in [0.1, 0.15) is 5.56 Å². The van der Waals surface area contributed by atoms with Crippen molar-refractivity contribution >= 4 is 11.6 Å². The molecule has 0 atom stereocenters. The molecule has 1 aromatic carbocycles. The molecule has 18 heavy (non-hydrogen) atoms. The Balaban J connectivity index is 2.16. The largest absolute Gasteiger partial charge is 0.339 e. The smallest absolute Gasteiger partial charge is 0.257 e. The van der Waals surface area contributed by atoms with Gasteiger partial charge in [0.25, 0.3) is 6.20 Å². The highest BCUT2D eigenvalue weighted by Gasteiger charge is 2.11. The first-order valence-corrected chi connectivity index (χ1v) is 5.74. The van der Waals surface area contributed by atoms with Gasteiger partial charge in [-0.05, 0) is 29.8 Å². The summed E-state index contributed by atoms with van der Waals surface area (Å²) in [6, 6.07) is 7.41. The van der Waals surface area contributed by atoms with E-state index < -0.39 is 4.92 Å². The lowest BCUT2D eigenvalue weighted by molar-refractivity contribution is -0.404. The number of allylic oxidation sites excluding steroid dienone is 3. The van der Waals surface area contributed by atoms with Crippen molar-refractivity contribution in [3.05, 3.63) is 81.3 Å². The molecular weight excluding hydrogens is 252 g/mol. The molecule has 0 amide bonds. The number of rotatable bonds is 3. The fraction of sp³-hybridized carbons (Fsp3) is 0.0769. The summed E-state index contributed by atoms with van der Waals surface area (Å²) in [7, 11) is 0. The molecule has 1 aliphatic rings. The second kappa shape index (κ2) is 5.51. The molecule has 0 bridgehead atoms. The van der Waals surface area contributed by atoms with Gasteiger partial charge in [-0.1, -0.05) is 29.8 Å². The third-order valence-electron chi connectivity index (χ3n) is 2.48. The molecule has 1 aliphatic heterocycles. The van der Waals surface area contributed by atoms with Crippen LogP contribution in [0.15, 0.2) is 60.6 Å². The van der Waals surface area contributed by atoms with Gasteiger partial charge in [0.05, 0.1) is 4.92 Å². The van der Waals surface area contributed by atoms with Crippen molar-refractivity contribution < 1.29 is 4.92 Å². The number of nitrogens with zero attached hydrogens (tertiary/aromatic N) is 2. The zero-order chi connectivity index (χ0) is 13.0. The summed E-state index contributed by atoms with van der Waals surface area (Å²) in [5.74, 6) is 0. The fourth-order valence-corrected chi connectivity index (χ4v) is 1.77. The molecule has 0 aliphatic carbocycles. The van der Waals surface area contributed by atoms with Gasteiger partial charge >= 0.3 is 0 Å². The molecule has 0 unspecified atom stereocenters. The van der Waals surface area contributed by atoms with E-state index in [0.29, 0.717) is 17.3 Å². The minimum Gasteiger partial charge on any atom is -0.339 e. The molecule has 1 aromatic rings. The molecule has 2 rings (SSSR count). The normalized spacial score (nSPS) is 16.3. The van der Waals surface area contributed by atoms with E-state index in [9.17, 15) is 10.1 Å². The maximum absolute atomic E-state index is 10.5. The second-order valence-electron chi connectivity index (χ2n) is 3.79. The topological polar surface area (TPSA) is 46.4 Å². The molecule has 0 fully saturated rings. The maximum atomic E-state index is 10.5. The van der Waals surface area contributed by atoms with Crippen LogP contribution in [0.3, 0.4) is 0 Å². The Labute approximate surface area is 110 Å². The Hall–Kier alpha value is -2.07. The first-order valence-electron chi connectivity index (χ1n) is 5.36. The maximum Gasteiger partial charge on any atom is 0.257 e. The second-order valence-corrected chi connectivity index (χ2v) is 4.23. The fourth-order valence-electron chi connectivity index (χ4n) is 1.65. The summed E-state index contributed by atoms with van der Waals surface area (Å²) in [5.41, 5.74) is 1.59. The first-order chi connectivity index (χ1) is 8.65.